The number of rotatable bonds is 4. The standard InChI is InChI=1S/C16H18N2OS/c1-10(2)13-6-4-11(3)8-15(13)19-12-5-7-14(16(17)20)18-9-12/h4-10H,1-3H3,(H2,17,20). The monoisotopic (exact) mass is 286 g/mol. The van der Waals surface area contributed by atoms with Crippen LogP contribution < -0.4 is 10.5 Å². The zero-order valence-electron chi connectivity index (χ0n) is 11.9. The number of hydrogen-bond donors (Lipinski definition) is 1. The van der Waals surface area contributed by atoms with Crippen molar-refractivity contribution in [3.63, 3.8) is 0 Å². The fraction of sp³-hybridized carbons (Fsp3) is 0.250. The van der Waals surface area contributed by atoms with Gasteiger partial charge in [0, 0.05) is 0 Å². The van der Waals surface area contributed by atoms with E-state index < -0.39 is 0 Å². The number of ether oxygens (including phenoxy) is 1. The maximum Gasteiger partial charge on any atom is 0.145 e. The summed E-state index contributed by atoms with van der Waals surface area (Å²) < 4.78 is 5.94. The molecule has 0 aliphatic rings. The van der Waals surface area contributed by atoms with Crippen LogP contribution in [0.4, 0.5) is 0 Å². The average molecular weight is 286 g/mol. The smallest absolute Gasteiger partial charge is 0.145 e. The average Bonchev–Trinajstić information content (AvgIpc) is 2.39. The van der Waals surface area contributed by atoms with E-state index in [1.807, 2.05) is 19.1 Å². The number of pyridine rings is 1. The van der Waals surface area contributed by atoms with Gasteiger partial charge in [0.25, 0.3) is 0 Å². The van der Waals surface area contributed by atoms with Crippen molar-refractivity contribution in [1.82, 2.24) is 4.98 Å². The first-order valence-corrected chi connectivity index (χ1v) is 6.92. The Kier molecular flexibility index (Phi) is 4.35. The molecule has 2 rings (SSSR count). The summed E-state index contributed by atoms with van der Waals surface area (Å²) >= 11 is 4.88. The molecule has 0 amide bonds. The number of aryl methyl sites for hydroxylation is 1. The third-order valence-corrected chi connectivity index (χ3v) is 3.22. The molecule has 0 radical (unpaired) electrons. The van der Waals surface area contributed by atoms with Gasteiger partial charge in [-0.15, -0.1) is 0 Å². The molecule has 0 atom stereocenters. The second kappa shape index (κ2) is 6.01. The molecule has 0 fully saturated rings. The molecule has 4 heteroatoms. The molecule has 104 valence electrons. The number of aromatic nitrogens is 1. The maximum absolute atomic E-state index is 5.94. The molecule has 0 spiro atoms. The summed E-state index contributed by atoms with van der Waals surface area (Å²) in [4.78, 5) is 4.47. The lowest BCUT2D eigenvalue weighted by Gasteiger charge is -2.14. The molecule has 3 nitrogen and oxygen atoms in total. The van der Waals surface area contributed by atoms with Crippen molar-refractivity contribution in [2.75, 3.05) is 0 Å². The van der Waals surface area contributed by atoms with Gasteiger partial charge in [-0.25, -0.2) is 4.98 Å². The van der Waals surface area contributed by atoms with Crippen LogP contribution in [0.2, 0.25) is 0 Å². The number of hydrogen-bond acceptors (Lipinski definition) is 3. The topological polar surface area (TPSA) is 48.1 Å². The highest BCUT2D eigenvalue weighted by Gasteiger charge is 2.09. The number of nitrogens with zero attached hydrogens (tertiary/aromatic N) is 1. The first-order valence-electron chi connectivity index (χ1n) is 6.51. The van der Waals surface area contributed by atoms with E-state index in [9.17, 15) is 0 Å². The predicted molar refractivity (Wildman–Crippen MR) is 85.5 cm³/mol. The Labute approximate surface area is 124 Å². The molecule has 0 aliphatic heterocycles. The summed E-state index contributed by atoms with van der Waals surface area (Å²) in [6, 6.07) is 9.83. The van der Waals surface area contributed by atoms with Crippen molar-refractivity contribution in [1.29, 1.82) is 0 Å². The normalized spacial score (nSPS) is 10.6. The van der Waals surface area contributed by atoms with Gasteiger partial charge in [0.2, 0.25) is 0 Å². The molecule has 1 aromatic heterocycles. The Morgan fingerprint density at radius 2 is 2.00 bits per heavy atom. The summed E-state index contributed by atoms with van der Waals surface area (Å²) in [6.07, 6.45) is 1.64. The van der Waals surface area contributed by atoms with E-state index in [2.05, 4.69) is 31.0 Å². The van der Waals surface area contributed by atoms with E-state index in [4.69, 9.17) is 22.7 Å². The van der Waals surface area contributed by atoms with Crippen molar-refractivity contribution in [3.05, 3.63) is 53.3 Å². The minimum absolute atomic E-state index is 0.287. The van der Waals surface area contributed by atoms with Crippen LogP contribution in [-0.2, 0) is 0 Å². The van der Waals surface area contributed by atoms with Crippen LogP contribution in [0.3, 0.4) is 0 Å². The maximum atomic E-state index is 5.94. The lowest BCUT2D eigenvalue weighted by atomic mass is 10.0. The third-order valence-electron chi connectivity index (χ3n) is 3.01. The molecule has 1 aromatic carbocycles. The zero-order chi connectivity index (χ0) is 14.7. The Morgan fingerprint density at radius 3 is 2.55 bits per heavy atom. The van der Waals surface area contributed by atoms with Crippen LogP contribution in [0, 0.1) is 6.92 Å². The van der Waals surface area contributed by atoms with E-state index in [0.717, 1.165) is 11.3 Å². The van der Waals surface area contributed by atoms with Gasteiger partial charge >= 0.3 is 0 Å². The second-order valence-electron chi connectivity index (χ2n) is 5.04. The van der Waals surface area contributed by atoms with Crippen molar-refractivity contribution in [2.24, 2.45) is 5.73 Å². The summed E-state index contributed by atoms with van der Waals surface area (Å²) in [7, 11) is 0. The summed E-state index contributed by atoms with van der Waals surface area (Å²) in [5.41, 5.74) is 8.47. The van der Waals surface area contributed by atoms with E-state index >= 15 is 0 Å². The van der Waals surface area contributed by atoms with Crippen LogP contribution in [-0.4, -0.2) is 9.97 Å². The van der Waals surface area contributed by atoms with Crippen LogP contribution in [0.1, 0.15) is 36.6 Å². The van der Waals surface area contributed by atoms with Crippen LogP contribution in [0.15, 0.2) is 36.5 Å². The molecule has 0 saturated heterocycles. The molecule has 2 aromatic rings. The lowest BCUT2D eigenvalue weighted by molar-refractivity contribution is 0.470. The number of nitrogens with two attached hydrogens (primary N) is 1. The SMILES string of the molecule is Cc1ccc(C(C)C)c(Oc2ccc(C(N)=S)nc2)c1. The molecule has 0 saturated carbocycles. The first-order chi connectivity index (χ1) is 9.47. The van der Waals surface area contributed by atoms with Crippen LogP contribution >= 0.6 is 12.2 Å². The van der Waals surface area contributed by atoms with Crippen LogP contribution in [0.25, 0.3) is 0 Å². The summed E-state index contributed by atoms with van der Waals surface area (Å²) in [5, 5.41) is 0. The lowest BCUT2D eigenvalue weighted by Crippen LogP contribution is -2.10. The van der Waals surface area contributed by atoms with Gasteiger partial charge in [-0.3, -0.25) is 0 Å². The molecule has 0 unspecified atom stereocenters. The third kappa shape index (κ3) is 3.33. The molecule has 1 heterocycles. The predicted octanol–water partition coefficient (Wildman–Crippen LogP) is 3.94. The van der Waals surface area contributed by atoms with Crippen molar-refractivity contribution < 1.29 is 4.74 Å². The quantitative estimate of drug-likeness (QED) is 0.865. The van der Waals surface area contributed by atoms with Gasteiger partial charge in [-0.05, 0) is 42.2 Å². The number of thiocarbonyl (C=S) groups is 1. The van der Waals surface area contributed by atoms with E-state index in [-0.39, 0.29) is 4.99 Å². The molecule has 20 heavy (non-hydrogen) atoms. The minimum Gasteiger partial charge on any atom is -0.455 e. The van der Waals surface area contributed by atoms with Gasteiger partial charge in [-0.2, -0.15) is 0 Å². The van der Waals surface area contributed by atoms with Gasteiger partial charge in [-0.1, -0.05) is 38.2 Å². The van der Waals surface area contributed by atoms with Crippen LogP contribution in [0.5, 0.6) is 11.5 Å². The van der Waals surface area contributed by atoms with Crippen molar-refractivity contribution >= 4 is 17.2 Å². The Balaban J connectivity index is 2.29. The minimum atomic E-state index is 0.287. The largest absolute Gasteiger partial charge is 0.455 e. The molecule has 0 bridgehead atoms. The van der Waals surface area contributed by atoms with E-state index in [0.29, 0.717) is 17.4 Å². The Morgan fingerprint density at radius 1 is 1.25 bits per heavy atom. The zero-order valence-corrected chi connectivity index (χ0v) is 12.7. The first kappa shape index (κ1) is 14.5. The molecule has 0 aliphatic carbocycles. The summed E-state index contributed by atoms with van der Waals surface area (Å²) in [5.74, 6) is 1.94. The van der Waals surface area contributed by atoms with E-state index in [1.54, 1.807) is 12.3 Å². The molecular formula is C16H18N2OS. The highest BCUT2D eigenvalue weighted by atomic mass is 32.1. The Bertz CT molecular complexity index is 621. The second-order valence-corrected chi connectivity index (χ2v) is 5.48. The fourth-order valence-corrected chi connectivity index (χ4v) is 2.04. The van der Waals surface area contributed by atoms with Gasteiger partial charge < -0.3 is 10.5 Å². The Hall–Kier alpha value is -1.94. The van der Waals surface area contributed by atoms with Crippen molar-refractivity contribution in [3.8, 4) is 11.5 Å². The van der Waals surface area contributed by atoms with Gasteiger partial charge in [0.15, 0.2) is 0 Å². The number of benzene rings is 1. The fourth-order valence-electron chi connectivity index (χ4n) is 1.92. The van der Waals surface area contributed by atoms with Crippen molar-refractivity contribution in [2.45, 2.75) is 26.7 Å². The van der Waals surface area contributed by atoms with Gasteiger partial charge in [0.05, 0.1) is 11.9 Å². The summed E-state index contributed by atoms with van der Waals surface area (Å²) in [6.45, 7) is 6.34. The molecular weight excluding hydrogens is 268 g/mol. The highest BCUT2D eigenvalue weighted by Crippen LogP contribution is 2.31. The van der Waals surface area contributed by atoms with Gasteiger partial charge in [0.1, 0.15) is 16.5 Å². The molecule has 2 N–H and O–H groups in total. The van der Waals surface area contributed by atoms with E-state index in [1.165, 1.54) is 5.56 Å². The highest BCUT2D eigenvalue weighted by molar-refractivity contribution is 7.80.